The van der Waals surface area contributed by atoms with E-state index in [0.29, 0.717) is 0 Å². The predicted molar refractivity (Wildman–Crippen MR) is 69.1 cm³/mol. The van der Waals surface area contributed by atoms with Gasteiger partial charge in [0.1, 0.15) is 5.69 Å². The van der Waals surface area contributed by atoms with E-state index in [4.69, 9.17) is 5.11 Å². The topological polar surface area (TPSA) is 98.3 Å². The largest absolute Gasteiger partial charge is 0.477 e. The molecule has 2 rings (SSSR count). The second-order valence-corrected chi connectivity index (χ2v) is 4.70. The summed E-state index contributed by atoms with van der Waals surface area (Å²) < 4.78 is 2.06. The summed E-state index contributed by atoms with van der Waals surface area (Å²) in [4.78, 5) is 25.1. The number of nitro groups is 1. The number of aromatic carboxylic acids is 1. The van der Waals surface area contributed by atoms with Crippen LogP contribution < -0.4 is 0 Å². The Kier molecular flexibility index (Phi) is 3.61. The molecular formula is C11H8BrN3O4. The number of pyridine rings is 1. The average Bonchev–Trinajstić information content (AvgIpc) is 2.73. The van der Waals surface area contributed by atoms with Gasteiger partial charge >= 0.3 is 5.97 Å². The highest BCUT2D eigenvalue weighted by atomic mass is 79.9. The van der Waals surface area contributed by atoms with Gasteiger partial charge in [0.15, 0.2) is 0 Å². The first-order valence-electron chi connectivity index (χ1n) is 5.14. The lowest BCUT2D eigenvalue weighted by Crippen LogP contribution is -2.08. The Morgan fingerprint density at radius 1 is 1.47 bits per heavy atom. The quantitative estimate of drug-likeness (QED) is 0.687. The second-order valence-electron chi connectivity index (χ2n) is 3.79. The van der Waals surface area contributed by atoms with Gasteiger partial charge in [0, 0.05) is 29.5 Å². The summed E-state index contributed by atoms with van der Waals surface area (Å²) >= 11 is 3.26. The summed E-state index contributed by atoms with van der Waals surface area (Å²) in [7, 11) is 0. The molecule has 7 nitrogen and oxygen atoms in total. The molecule has 0 spiro atoms. The van der Waals surface area contributed by atoms with Crippen molar-refractivity contribution in [2.24, 2.45) is 0 Å². The molecule has 2 aromatic rings. The standard InChI is InChI=1S/C11H8BrN3O4/c12-8-1-7(3-13-4-8)5-14-6-9(15(18)19)2-10(14)11(16)17/h1-4,6H,5H2,(H,16,17). The van der Waals surface area contributed by atoms with Crippen LogP contribution in [0.3, 0.4) is 0 Å². The molecule has 0 aromatic carbocycles. The van der Waals surface area contributed by atoms with E-state index in [-0.39, 0.29) is 17.9 Å². The molecule has 0 aliphatic rings. The first kappa shape index (κ1) is 13.2. The summed E-state index contributed by atoms with van der Waals surface area (Å²) in [5.41, 5.74) is 0.356. The van der Waals surface area contributed by atoms with Crippen LogP contribution in [0, 0.1) is 10.1 Å². The Hall–Kier alpha value is -2.22. The molecule has 1 N–H and O–H groups in total. The van der Waals surface area contributed by atoms with E-state index in [9.17, 15) is 14.9 Å². The normalized spacial score (nSPS) is 10.4. The number of halogens is 1. The summed E-state index contributed by atoms with van der Waals surface area (Å²) in [6.07, 6.45) is 4.37. The van der Waals surface area contributed by atoms with Gasteiger partial charge in [-0.25, -0.2) is 4.79 Å². The predicted octanol–water partition coefficient (Wildman–Crippen LogP) is 2.30. The summed E-state index contributed by atoms with van der Waals surface area (Å²) in [5.74, 6) is -1.21. The Morgan fingerprint density at radius 3 is 2.79 bits per heavy atom. The number of carboxylic acid groups (broad SMARTS) is 1. The van der Waals surface area contributed by atoms with E-state index in [1.807, 2.05) is 0 Å². The zero-order valence-electron chi connectivity index (χ0n) is 9.49. The molecule has 19 heavy (non-hydrogen) atoms. The minimum atomic E-state index is -1.21. The minimum Gasteiger partial charge on any atom is -0.477 e. The Labute approximate surface area is 115 Å². The van der Waals surface area contributed by atoms with Gasteiger partial charge in [-0.3, -0.25) is 15.1 Å². The van der Waals surface area contributed by atoms with Gasteiger partial charge < -0.3 is 9.67 Å². The van der Waals surface area contributed by atoms with E-state index in [0.717, 1.165) is 16.1 Å². The van der Waals surface area contributed by atoms with Crippen LogP contribution in [-0.4, -0.2) is 25.6 Å². The van der Waals surface area contributed by atoms with Crippen molar-refractivity contribution in [2.75, 3.05) is 0 Å². The van der Waals surface area contributed by atoms with Gasteiger partial charge in [-0.2, -0.15) is 0 Å². The van der Waals surface area contributed by atoms with Crippen LogP contribution in [0.15, 0.2) is 35.2 Å². The Morgan fingerprint density at radius 2 is 2.21 bits per heavy atom. The fraction of sp³-hybridized carbons (Fsp3) is 0.0909. The van der Waals surface area contributed by atoms with Crippen molar-refractivity contribution in [1.29, 1.82) is 0 Å². The Balaban J connectivity index is 2.38. The highest BCUT2D eigenvalue weighted by molar-refractivity contribution is 9.10. The molecule has 0 bridgehead atoms. The van der Waals surface area contributed by atoms with E-state index < -0.39 is 10.9 Å². The van der Waals surface area contributed by atoms with E-state index in [1.165, 1.54) is 10.8 Å². The molecular weight excluding hydrogens is 318 g/mol. The maximum atomic E-state index is 11.0. The highest BCUT2D eigenvalue weighted by Gasteiger charge is 2.18. The number of rotatable bonds is 4. The molecule has 0 aliphatic carbocycles. The van der Waals surface area contributed by atoms with Crippen LogP contribution in [0.2, 0.25) is 0 Å². The molecule has 0 fully saturated rings. The molecule has 0 atom stereocenters. The van der Waals surface area contributed by atoms with Crippen LogP contribution in [0.5, 0.6) is 0 Å². The van der Waals surface area contributed by atoms with Gasteiger partial charge in [-0.15, -0.1) is 0 Å². The molecule has 0 saturated carbocycles. The fourth-order valence-corrected chi connectivity index (χ4v) is 2.06. The number of nitrogens with zero attached hydrogens (tertiary/aromatic N) is 3. The lowest BCUT2D eigenvalue weighted by Gasteiger charge is -2.05. The SMILES string of the molecule is O=C(O)c1cc([N+](=O)[O-])cn1Cc1cncc(Br)c1. The molecule has 0 saturated heterocycles. The van der Waals surface area contributed by atoms with Crippen molar-refractivity contribution in [1.82, 2.24) is 9.55 Å². The molecule has 0 unspecified atom stereocenters. The zero-order chi connectivity index (χ0) is 14.0. The molecule has 0 amide bonds. The minimum absolute atomic E-state index is 0.133. The first-order valence-corrected chi connectivity index (χ1v) is 5.94. The summed E-state index contributed by atoms with van der Waals surface area (Å²) in [5, 5.41) is 19.7. The molecule has 0 aliphatic heterocycles. The number of hydrogen-bond acceptors (Lipinski definition) is 4. The van der Waals surface area contributed by atoms with Crippen molar-refractivity contribution in [2.45, 2.75) is 6.54 Å². The molecule has 98 valence electrons. The van der Waals surface area contributed by atoms with Crippen molar-refractivity contribution < 1.29 is 14.8 Å². The van der Waals surface area contributed by atoms with Gasteiger partial charge in [0.25, 0.3) is 5.69 Å². The van der Waals surface area contributed by atoms with Crippen molar-refractivity contribution in [3.05, 3.63) is 56.6 Å². The summed E-state index contributed by atoms with van der Waals surface area (Å²) in [6.45, 7) is 0.196. The number of carbonyl (C=O) groups is 1. The zero-order valence-corrected chi connectivity index (χ0v) is 11.1. The monoisotopic (exact) mass is 325 g/mol. The molecule has 0 radical (unpaired) electrons. The summed E-state index contributed by atoms with van der Waals surface area (Å²) in [6, 6.07) is 2.80. The number of hydrogen-bond donors (Lipinski definition) is 1. The van der Waals surface area contributed by atoms with Crippen molar-refractivity contribution in [3.63, 3.8) is 0 Å². The van der Waals surface area contributed by atoms with Gasteiger partial charge in [-0.05, 0) is 27.6 Å². The molecule has 2 aromatic heterocycles. The maximum Gasteiger partial charge on any atom is 0.352 e. The Bertz CT molecular complexity index is 653. The average molecular weight is 326 g/mol. The van der Waals surface area contributed by atoms with Gasteiger partial charge in [-0.1, -0.05) is 0 Å². The van der Waals surface area contributed by atoms with Crippen LogP contribution in [0.1, 0.15) is 16.1 Å². The smallest absolute Gasteiger partial charge is 0.352 e. The lowest BCUT2D eigenvalue weighted by molar-refractivity contribution is -0.384. The highest BCUT2D eigenvalue weighted by Crippen LogP contribution is 2.19. The van der Waals surface area contributed by atoms with Crippen LogP contribution in [-0.2, 0) is 6.54 Å². The van der Waals surface area contributed by atoms with E-state index in [2.05, 4.69) is 20.9 Å². The van der Waals surface area contributed by atoms with Gasteiger partial charge in [0.2, 0.25) is 0 Å². The maximum absolute atomic E-state index is 11.0. The molecule has 2 heterocycles. The van der Waals surface area contributed by atoms with E-state index >= 15 is 0 Å². The van der Waals surface area contributed by atoms with Crippen LogP contribution in [0.4, 0.5) is 5.69 Å². The van der Waals surface area contributed by atoms with Crippen LogP contribution in [0.25, 0.3) is 0 Å². The third-order valence-electron chi connectivity index (χ3n) is 2.43. The third-order valence-corrected chi connectivity index (χ3v) is 2.86. The third kappa shape index (κ3) is 2.97. The van der Waals surface area contributed by atoms with Crippen molar-refractivity contribution in [3.8, 4) is 0 Å². The van der Waals surface area contributed by atoms with Gasteiger partial charge in [0.05, 0.1) is 11.1 Å². The lowest BCUT2D eigenvalue weighted by atomic mass is 10.3. The molecule has 8 heteroatoms. The number of carboxylic acids is 1. The fourth-order valence-electron chi connectivity index (χ4n) is 1.64. The second kappa shape index (κ2) is 5.19. The van der Waals surface area contributed by atoms with Crippen molar-refractivity contribution >= 4 is 27.6 Å². The van der Waals surface area contributed by atoms with E-state index in [1.54, 1.807) is 18.5 Å². The first-order chi connectivity index (χ1) is 8.97. The van der Waals surface area contributed by atoms with Crippen LogP contribution >= 0.6 is 15.9 Å². The number of aromatic nitrogens is 2.